The lowest BCUT2D eigenvalue weighted by Crippen LogP contribution is -2.33. The Hall–Kier alpha value is -1.89. The first-order valence-electron chi connectivity index (χ1n) is 8.28. The number of ether oxygens (including phenoxy) is 3. The van der Waals surface area contributed by atoms with Crippen molar-refractivity contribution in [3.05, 3.63) is 42.5 Å². The van der Waals surface area contributed by atoms with Crippen LogP contribution in [0.1, 0.15) is 31.2 Å². The maximum atomic E-state index is 11.2. The number of rotatable bonds is 12. The van der Waals surface area contributed by atoms with Crippen molar-refractivity contribution in [2.75, 3.05) is 14.2 Å². The molecule has 1 rings (SSSR count). The van der Waals surface area contributed by atoms with Gasteiger partial charge in [-0.15, -0.1) is 6.58 Å². The Kier molecular flexibility index (Phi) is 9.84. The van der Waals surface area contributed by atoms with Crippen LogP contribution in [0.3, 0.4) is 0 Å². The molecule has 0 saturated carbocycles. The van der Waals surface area contributed by atoms with Crippen molar-refractivity contribution in [2.45, 2.75) is 50.6 Å². The zero-order chi connectivity index (χ0) is 18.7. The number of aliphatic hydroxyl groups excluding tert-OH is 2. The van der Waals surface area contributed by atoms with Crippen molar-refractivity contribution >= 4 is 5.97 Å². The van der Waals surface area contributed by atoms with Crippen molar-refractivity contribution in [1.29, 1.82) is 0 Å². The molecule has 1 aromatic carbocycles. The maximum absolute atomic E-state index is 11.2. The lowest BCUT2D eigenvalue weighted by atomic mass is 10.0. The summed E-state index contributed by atoms with van der Waals surface area (Å²) in [5, 5.41) is 20.2. The highest BCUT2D eigenvalue weighted by Gasteiger charge is 2.24. The summed E-state index contributed by atoms with van der Waals surface area (Å²) >= 11 is 0. The third kappa shape index (κ3) is 8.16. The van der Waals surface area contributed by atoms with E-state index >= 15 is 0 Å². The van der Waals surface area contributed by atoms with E-state index in [9.17, 15) is 15.0 Å². The first-order chi connectivity index (χ1) is 12.0. The van der Waals surface area contributed by atoms with Crippen molar-refractivity contribution in [1.82, 2.24) is 0 Å². The number of esters is 1. The molecule has 2 N–H and O–H groups in total. The molecule has 0 spiro atoms. The summed E-state index contributed by atoms with van der Waals surface area (Å²) in [5.74, 6) is 0.249. The number of carbonyl (C=O) groups is 1. The zero-order valence-corrected chi connectivity index (χ0v) is 14.9. The van der Waals surface area contributed by atoms with E-state index in [1.54, 1.807) is 13.2 Å². The summed E-state index contributed by atoms with van der Waals surface area (Å²) in [4.78, 5) is 11.2. The average molecular weight is 352 g/mol. The Bertz CT molecular complexity index is 513. The van der Waals surface area contributed by atoms with Gasteiger partial charge in [-0.05, 0) is 30.5 Å². The van der Waals surface area contributed by atoms with Crippen LogP contribution in [0, 0.1) is 0 Å². The smallest absolute Gasteiger partial charge is 0.308 e. The Balaban J connectivity index is 2.58. The first kappa shape index (κ1) is 21.2. The molecule has 0 amide bonds. The number of carbonyl (C=O) groups excluding carboxylic acids is 1. The quantitative estimate of drug-likeness (QED) is 0.443. The molecule has 0 aliphatic heterocycles. The number of methoxy groups -OCH3 is 2. The maximum Gasteiger partial charge on any atom is 0.308 e. The third-order valence-electron chi connectivity index (χ3n) is 3.85. The molecule has 0 aliphatic carbocycles. The first-order valence-corrected chi connectivity index (χ1v) is 8.28. The summed E-state index contributed by atoms with van der Waals surface area (Å²) in [5.41, 5.74) is 0.951. The predicted molar refractivity (Wildman–Crippen MR) is 94.3 cm³/mol. The summed E-state index contributed by atoms with van der Waals surface area (Å²) in [6.45, 7) is 4.01. The van der Waals surface area contributed by atoms with Gasteiger partial charge in [0, 0.05) is 6.42 Å². The number of hydrogen-bond donors (Lipinski definition) is 2. The van der Waals surface area contributed by atoms with Crippen molar-refractivity contribution in [3.8, 4) is 5.75 Å². The molecule has 3 atom stereocenters. The number of aliphatic hydroxyl groups is 2. The molecule has 0 saturated heterocycles. The molecule has 0 heterocycles. The molecule has 0 fully saturated rings. The van der Waals surface area contributed by atoms with Gasteiger partial charge < -0.3 is 24.4 Å². The topological polar surface area (TPSA) is 85.2 Å². The third-order valence-corrected chi connectivity index (χ3v) is 3.85. The lowest BCUT2D eigenvalue weighted by molar-refractivity contribution is -0.143. The van der Waals surface area contributed by atoms with Crippen LogP contribution in [-0.2, 0) is 20.9 Å². The summed E-state index contributed by atoms with van der Waals surface area (Å²) in [7, 11) is 2.86. The van der Waals surface area contributed by atoms with E-state index in [4.69, 9.17) is 9.47 Å². The number of hydrogen-bond acceptors (Lipinski definition) is 6. The largest absolute Gasteiger partial charge is 0.497 e. The second-order valence-electron chi connectivity index (χ2n) is 5.80. The van der Waals surface area contributed by atoms with E-state index in [1.165, 1.54) is 7.11 Å². The number of allylic oxidation sites excluding steroid dienone is 1. The molecular weight excluding hydrogens is 324 g/mol. The Morgan fingerprint density at radius 3 is 2.48 bits per heavy atom. The van der Waals surface area contributed by atoms with Crippen LogP contribution in [-0.4, -0.2) is 48.7 Å². The van der Waals surface area contributed by atoms with E-state index in [-0.39, 0.29) is 12.8 Å². The molecule has 0 unspecified atom stereocenters. The SMILES string of the molecule is C=CCC[C@@H](OCc1ccc(OC)cc1)[C@H](O)C[C@H](O)CC(=O)OC. The fourth-order valence-electron chi connectivity index (χ4n) is 2.38. The molecule has 0 aromatic heterocycles. The molecule has 0 radical (unpaired) electrons. The minimum absolute atomic E-state index is 0.0412. The Morgan fingerprint density at radius 1 is 1.24 bits per heavy atom. The fourth-order valence-corrected chi connectivity index (χ4v) is 2.38. The molecule has 0 aliphatic rings. The zero-order valence-electron chi connectivity index (χ0n) is 14.9. The van der Waals surface area contributed by atoms with Crippen LogP contribution in [0.25, 0.3) is 0 Å². The second-order valence-corrected chi connectivity index (χ2v) is 5.80. The molecule has 25 heavy (non-hydrogen) atoms. The molecule has 140 valence electrons. The van der Waals surface area contributed by atoms with E-state index < -0.39 is 24.3 Å². The molecule has 0 bridgehead atoms. The molecule has 1 aromatic rings. The van der Waals surface area contributed by atoms with Gasteiger partial charge in [-0.2, -0.15) is 0 Å². The van der Waals surface area contributed by atoms with Crippen molar-refractivity contribution in [3.63, 3.8) is 0 Å². The van der Waals surface area contributed by atoms with E-state index in [2.05, 4.69) is 11.3 Å². The molecule has 6 nitrogen and oxygen atoms in total. The second kappa shape index (κ2) is 11.6. The van der Waals surface area contributed by atoms with Gasteiger partial charge >= 0.3 is 5.97 Å². The van der Waals surface area contributed by atoms with Crippen LogP contribution in [0.4, 0.5) is 0 Å². The Labute approximate surface area is 149 Å². The van der Waals surface area contributed by atoms with Crippen LogP contribution < -0.4 is 4.74 Å². The van der Waals surface area contributed by atoms with Crippen molar-refractivity contribution < 1.29 is 29.2 Å². The average Bonchev–Trinajstić information content (AvgIpc) is 2.61. The predicted octanol–water partition coefficient (Wildman–Crippen LogP) is 2.22. The minimum Gasteiger partial charge on any atom is -0.497 e. The van der Waals surface area contributed by atoms with Crippen LogP contribution >= 0.6 is 0 Å². The summed E-state index contributed by atoms with van der Waals surface area (Å²) in [6.07, 6.45) is 0.563. The van der Waals surface area contributed by atoms with E-state index in [0.29, 0.717) is 19.4 Å². The molecule has 6 heteroatoms. The summed E-state index contributed by atoms with van der Waals surface area (Å²) < 4.78 is 15.5. The van der Waals surface area contributed by atoms with Gasteiger partial charge in [0.15, 0.2) is 0 Å². The highest BCUT2D eigenvalue weighted by atomic mass is 16.5. The van der Waals surface area contributed by atoms with Gasteiger partial charge in [0.2, 0.25) is 0 Å². The van der Waals surface area contributed by atoms with Crippen LogP contribution in [0.15, 0.2) is 36.9 Å². The Morgan fingerprint density at radius 2 is 1.92 bits per heavy atom. The fraction of sp³-hybridized carbons (Fsp3) is 0.526. The van der Waals surface area contributed by atoms with Gasteiger partial charge in [0.1, 0.15) is 5.75 Å². The van der Waals surface area contributed by atoms with Gasteiger partial charge in [-0.25, -0.2) is 0 Å². The molecular formula is C19H28O6. The highest BCUT2D eigenvalue weighted by Crippen LogP contribution is 2.18. The van der Waals surface area contributed by atoms with Gasteiger partial charge in [0.25, 0.3) is 0 Å². The lowest BCUT2D eigenvalue weighted by Gasteiger charge is -2.25. The van der Waals surface area contributed by atoms with E-state index in [0.717, 1.165) is 11.3 Å². The van der Waals surface area contributed by atoms with Gasteiger partial charge in [0.05, 0.1) is 45.6 Å². The number of benzene rings is 1. The van der Waals surface area contributed by atoms with Crippen LogP contribution in [0.5, 0.6) is 5.75 Å². The van der Waals surface area contributed by atoms with Gasteiger partial charge in [-0.3, -0.25) is 4.79 Å². The van der Waals surface area contributed by atoms with Gasteiger partial charge in [-0.1, -0.05) is 18.2 Å². The van der Waals surface area contributed by atoms with Crippen LogP contribution in [0.2, 0.25) is 0 Å². The summed E-state index contributed by atoms with van der Waals surface area (Å²) in [6, 6.07) is 7.46. The monoisotopic (exact) mass is 352 g/mol. The highest BCUT2D eigenvalue weighted by molar-refractivity contribution is 5.69. The normalized spacial score (nSPS) is 14.4. The van der Waals surface area contributed by atoms with E-state index in [1.807, 2.05) is 24.3 Å². The standard InChI is InChI=1S/C19H28O6/c1-4-5-6-18(17(21)11-15(20)12-19(22)24-3)25-13-14-7-9-16(23-2)10-8-14/h4,7-10,15,17-18,20-21H,1,5-6,11-13H2,2-3H3/t15-,17+,18+/m0/s1. The minimum atomic E-state index is -0.974. The van der Waals surface area contributed by atoms with Crippen molar-refractivity contribution in [2.24, 2.45) is 0 Å².